The lowest BCUT2D eigenvalue weighted by atomic mass is 10.0. The molecule has 2 atom stereocenters. The molecule has 1 saturated heterocycles. The summed E-state index contributed by atoms with van der Waals surface area (Å²) in [5, 5.41) is 0. The zero-order valence-electron chi connectivity index (χ0n) is 11.6. The summed E-state index contributed by atoms with van der Waals surface area (Å²) >= 11 is 0. The fourth-order valence-corrected chi connectivity index (χ4v) is 2.27. The van der Waals surface area contributed by atoms with Gasteiger partial charge < -0.3 is 14.5 Å². The number of hydrogen-bond donors (Lipinski definition) is 0. The minimum absolute atomic E-state index is 0.0661. The molecule has 1 aliphatic heterocycles. The van der Waals surface area contributed by atoms with Gasteiger partial charge in [-0.05, 0) is 39.9 Å². The van der Waals surface area contributed by atoms with Crippen molar-refractivity contribution in [1.29, 1.82) is 0 Å². The van der Waals surface area contributed by atoms with E-state index in [1.165, 1.54) is 33.0 Å². The van der Waals surface area contributed by atoms with Crippen LogP contribution in [0.25, 0.3) is 0 Å². The first-order chi connectivity index (χ1) is 8.06. The largest absolute Gasteiger partial charge is 0.469 e. The number of carbonyl (C=O) groups is 1. The summed E-state index contributed by atoms with van der Waals surface area (Å²) in [6.45, 7) is 8.61. The third-order valence-electron chi connectivity index (χ3n) is 3.96. The van der Waals surface area contributed by atoms with Crippen LogP contribution < -0.4 is 0 Å². The second-order valence-electron chi connectivity index (χ2n) is 5.08. The summed E-state index contributed by atoms with van der Waals surface area (Å²) in [5.41, 5.74) is 0. The van der Waals surface area contributed by atoms with Crippen molar-refractivity contribution >= 4 is 5.97 Å². The second-order valence-corrected chi connectivity index (χ2v) is 5.08. The molecule has 17 heavy (non-hydrogen) atoms. The lowest BCUT2D eigenvalue weighted by molar-refractivity contribution is -0.146. The van der Waals surface area contributed by atoms with E-state index in [0.717, 1.165) is 13.1 Å². The molecule has 0 spiro atoms. The van der Waals surface area contributed by atoms with Crippen LogP contribution in [0.15, 0.2) is 0 Å². The smallest absolute Gasteiger partial charge is 0.309 e. The number of rotatable bonds is 6. The van der Waals surface area contributed by atoms with Gasteiger partial charge in [0.15, 0.2) is 0 Å². The van der Waals surface area contributed by atoms with E-state index >= 15 is 0 Å². The summed E-state index contributed by atoms with van der Waals surface area (Å²) in [4.78, 5) is 16.2. The summed E-state index contributed by atoms with van der Waals surface area (Å²) in [7, 11) is 3.54. The summed E-state index contributed by atoms with van der Waals surface area (Å²) in [5.74, 6) is -0.186. The molecule has 0 aliphatic carbocycles. The molecule has 100 valence electrons. The number of likely N-dealkylation sites (N-methyl/N-ethyl adjacent to an activating group) is 1. The van der Waals surface area contributed by atoms with Crippen LogP contribution in [0.1, 0.15) is 26.7 Å². The molecule has 0 aromatic heterocycles. The fraction of sp³-hybridized carbons (Fsp3) is 0.923. The van der Waals surface area contributed by atoms with Gasteiger partial charge in [0.25, 0.3) is 0 Å². The average Bonchev–Trinajstić information content (AvgIpc) is 2.86. The van der Waals surface area contributed by atoms with Gasteiger partial charge in [-0.3, -0.25) is 4.79 Å². The molecule has 4 heteroatoms. The summed E-state index contributed by atoms with van der Waals surface area (Å²) in [6, 6.07) is 0.227. The van der Waals surface area contributed by atoms with Gasteiger partial charge in [0.05, 0.1) is 13.0 Å². The van der Waals surface area contributed by atoms with E-state index in [1.54, 1.807) is 0 Å². The highest BCUT2D eigenvalue weighted by Gasteiger charge is 2.24. The van der Waals surface area contributed by atoms with Crippen LogP contribution in [0, 0.1) is 5.92 Å². The van der Waals surface area contributed by atoms with Crippen LogP contribution in [0.3, 0.4) is 0 Å². The number of likely N-dealkylation sites (tertiary alicyclic amines) is 1. The molecule has 0 aromatic carbocycles. The Bertz CT molecular complexity index is 240. The van der Waals surface area contributed by atoms with Crippen molar-refractivity contribution in [2.75, 3.05) is 40.3 Å². The molecule has 0 aromatic rings. The Labute approximate surface area is 105 Å². The van der Waals surface area contributed by atoms with Crippen molar-refractivity contribution in [2.45, 2.75) is 32.7 Å². The highest BCUT2D eigenvalue weighted by molar-refractivity contribution is 5.72. The van der Waals surface area contributed by atoms with Gasteiger partial charge in [0, 0.05) is 19.1 Å². The van der Waals surface area contributed by atoms with Crippen molar-refractivity contribution in [1.82, 2.24) is 9.80 Å². The highest BCUT2D eigenvalue weighted by Crippen LogP contribution is 2.12. The molecule has 1 aliphatic rings. The van der Waals surface area contributed by atoms with Crippen LogP contribution in [-0.4, -0.2) is 62.1 Å². The standard InChI is InChI=1S/C13H26N2O2/c1-11(13(16)17-4)12(2)14(3)9-10-15-7-5-6-8-15/h11-12H,5-10H2,1-4H3. The predicted molar refractivity (Wildman–Crippen MR) is 68.9 cm³/mol. The Morgan fingerprint density at radius 2 is 1.94 bits per heavy atom. The minimum atomic E-state index is -0.120. The van der Waals surface area contributed by atoms with E-state index in [2.05, 4.69) is 23.8 Å². The monoisotopic (exact) mass is 242 g/mol. The maximum Gasteiger partial charge on any atom is 0.309 e. The number of esters is 1. The maximum atomic E-state index is 11.5. The van der Waals surface area contributed by atoms with E-state index in [-0.39, 0.29) is 17.9 Å². The summed E-state index contributed by atoms with van der Waals surface area (Å²) < 4.78 is 4.79. The fourth-order valence-electron chi connectivity index (χ4n) is 2.27. The molecular formula is C13H26N2O2. The molecule has 2 unspecified atom stereocenters. The van der Waals surface area contributed by atoms with Crippen molar-refractivity contribution in [3.8, 4) is 0 Å². The SMILES string of the molecule is COC(=O)C(C)C(C)N(C)CCN1CCCC1. The molecule has 0 saturated carbocycles. The third kappa shape index (κ3) is 4.28. The van der Waals surface area contributed by atoms with E-state index in [0.29, 0.717) is 0 Å². The molecule has 0 N–H and O–H groups in total. The van der Waals surface area contributed by atoms with Crippen molar-refractivity contribution in [3.05, 3.63) is 0 Å². The van der Waals surface area contributed by atoms with Crippen LogP contribution in [-0.2, 0) is 9.53 Å². The second kappa shape index (κ2) is 6.97. The first-order valence-corrected chi connectivity index (χ1v) is 6.56. The van der Waals surface area contributed by atoms with E-state index in [1.807, 2.05) is 6.92 Å². The topological polar surface area (TPSA) is 32.8 Å². The Balaban J connectivity index is 2.29. The highest BCUT2D eigenvalue weighted by atomic mass is 16.5. The normalized spacial score (nSPS) is 20.5. The van der Waals surface area contributed by atoms with Gasteiger partial charge in [-0.25, -0.2) is 0 Å². The Kier molecular flexibility index (Phi) is 5.92. The lowest BCUT2D eigenvalue weighted by Gasteiger charge is -2.29. The van der Waals surface area contributed by atoms with Crippen molar-refractivity contribution in [2.24, 2.45) is 5.92 Å². The molecular weight excluding hydrogens is 216 g/mol. The number of nitrogens with zero attached hydrogens (tertiary/aromatic N) is 2. The van der Waals surface area contributed by atoms with Gasteiger partial charge in [0.1, 0.15) is 0 Å². The van der Waals surface area contributed by atoms with Gasteiger partial charge in [0.2, 0.25) is 0 Å². The molecule has 1 fully saturated rings. The van der Waals surface area contributed by atoms with Gasteiger partial charge >= 0.3 is 5.97 Å². The Hall–Kier alpha value is -0.610. The van der Waals surface area contributed by atoms with E-state index in [4.69, 9.17) is 4.74 Å². The number of methoxy groups -OCH3 is 1. The predicted octanol–water partition coefficient (Wildman–Crippen LogP) is 1.21. The number of carbonyl (C=O) groups excluding carboxylic acids is 1. The maximum absolute atomic E-state index is 11.5. The Morgan fingerprint density at radius 3 is 2.47 bits per heavy atom. The average molecular weight is 242 g/mol. The van der Waals surface area contributed by atoms with Crippen LogP contribution in [0.2, 0.25) is 0 Å². The van der Waals surface area contributed by atoms with E-state index in [9.17, 15) is 4.79 Å². The Morgan fingerprint density at radius 1 is 1.35 bits per heavy atom. The molecule has 1 heterocycles. The molecule has 4 nitrogen and oxygen atoms in total. The van der Waals surface area contributed by atoms with Crippen molar-refractivity contribution < 1.29 is 9.53 Å². The van der Waals surface area contributed by atoms with Crippen LogP contribution in [0.5, 0.6) is 0 Å². The van der Waals surface area contributed by atoms with Crippen molar-refractivity contribution in [3.63, 3.8) is 0 Å². The minimum Gasteiger partial charge on any atom is -0.469 e. The number of ether oxygens (including phenoxy) is 1. The zero-order chi connectivity index (χ0) is 12.8. The first kappa shape index (κ1) is 14.5. The van der Waals surface area contributed by atoms with Gasteiger partial charge in [-0.15, -0.1) is 0 Å². The van der Waals surface area contributed by atoms with Crippen LogP contribution in [0.4, 0.5) is 0 Å². The zero-order valence-corrected chi connectivity index (χ0v) is 11.6. The molecule has 1 rings (SSSR count). The summed E-state index contributed by atoms with van der Waals surface area (Å²) in [6.07, 6.45) is 2.66. The molecule has 0 amide bonds. The molecule has 0 radical (unpaired) electrons. The quantitative estimate of drug-likeness (QED) is 0.656. The molecule has 0 bridgehead atoms. The van der Waals surface area contributed by atoms with Crippen LogP contribution >= 0.6 is 0 Å². The van der Waals surface area contributed by atoms with Gasteiger partial charge in [-0.2, -0.15) is 0 Å². The lowest BCUT2D eigenvalue weighted by Crippen LogP contribution is -2.42. The number of hydrogen-bond acceptors (Lipinski definition) is 4. The third-order valence-corrected chi connectivity index (χ3v) is 3.96. The van der Waals surface area contributed by atoms with E-state index < -0.39 is 0 Å². The van der Waals surface area contributed by atoms with Gasteiger partial charge in [-0.1, -0.05) is 6.92 Å². The first-order valence-electron chi connectivity index (χ1n) is 6.56.